The van der Waals surface area contributed by atoms with Gasteiger partial charge in [0.2, 0.25) is 10.0 Å². The summed E-state index contributed by atoms with van der Waals surface area (Å²) in [6.45, 7) is 4.25. The quantitative estimate of drug-likeness (QED) is 0.658. The van der Waals surface area contributed by atoms with Crippen molar-refractivity contribution < 1.29 is 17.9 Å². The van der Waals surface area contributed by atoms with Crippen LogP contribution in [0.5, 0.6) is 5.06 Å². The van der Waals surface area contributed by atoms with E-state index in [1.165, 1.54) is 42.0 Å². The van der Waals surface area contributed by atoms with Gasteiger partial charge in [-0.2, -0.15) is 0 Å². The van der Waals surface area contributed by atoms with Crippen LogP contribution in [-0.2, 0) is 10.0 Å². The van der Waals surface area contributed by atoms with E-state index in [0.29, 0.717) is 0 Å². The van der Waals surface area contributed by atoms with Gasteiger partial charge in [0, 0.05) is 16.5 Å². The number of rotatable bonds is 3. The first kappa shape index (κ1) is 20.1. The van der Waals surface area contributed by atoms with E-state index in [0.717, 1.165) is 21.6 Å². The molecular formula is C19H20FNO3S2. The van der Waals surface area contributed by atoms with Crippen molar-refractivity contribution >= 4 is 21.4 Å². The Kier molecular flexibility index (Phi) is 6.52. The third kappa shape index (κ3) is 4.91. The van der Waals surface area contributed by atoms with Crippen LogP contribution in [0, 0.1) is 5.82 Å². The molecule has 3 aromatic rings. The fraction of sp³-hybridized carbons (Fsp3) is 0.158. The maximum atomic E-state index is 13.1. The highest BCUT2D eigenvalue weighted by molar-refractivity contribution is 7.89. The minimum Gasteiger partial charge on any atom is -0.499 e. The molecule has 0 aliphatic heterocycles. The Balaban J connectivity index is 0.000000758. The van der Waals surface area contributed by atoms with Crippen molar-refractivity contribution in [2.75, 3.05) is 0 Å². The van der Waals surface area contributed by atoms with Crippen molar-refractivity contribution in [3.8, 4) is 26.6 Å². The molecule has 4 nitrogen and oxygen atoms in total. The molecule has 0 saturated carbocycles. The first-order chi connectivity index (χ1) is 12.3. The summed E-state index contributed by atoms with van der Waals surface area (Å²) in [5.41, 5.74) is 2.23. The lowest BCUT2D eigenvalue weighted by Crippen LogP contribution is -2.11. The zero-order valence-electron chi connectivity index (χ0n) is 14.4. The minimum atomic E-state index is -3.75. The Bertz CT molecular complexity index is 963. The number of hydrogen-bond acceptors (Lipinski definition) is 4. The van der Waals surface area contributed by atoms with E-state index in [-0.39, 0.29) is 15.8 Å². The smallest absolute Gasteiger partial charge is 0.238 e. The summed E-state index contributed by atoms with van der Waals surface area (Å²) in [7, 11) is -3.75. The van der Waals surface area contributed by atoms with Crippen LogP contribution in [0.25, 0.3) is 21.6 Å². The molecule has 3 rings (SSSR count). The fourth-order valence-corrected chi connectivity index (χ4v) is 3.67. The first-order valence-electron chi connectivity index (χ1n) is 7.98. The largest absolute Gasteiger partial charge is 0.499 e. The third-order valence-corrected chi connectivity index (χ3v) is 5.24. The molecule has 138 valence electrons. The highest BCUT2D eigenvalue weighted by atomic mass is 32.2. The second-order valence-electron chi connectivity index (χ2n) is 5.61. The molecule has 26 heavy (non-hydrogen) atoms. The third-order valence-electron chi connectivity index (χ3n) is 3.32. The molecule has 0 amide bonds. The normalized spacial score (nSPS) is 10.9. The van der Waals surface area contributed by atoms with Gasteiger partial charge in [-0.25, -0.2) is 17.9 Å². The van der Waals surface area contributed by atoms with Crippen molar-refractivity contribution in [1.29, 1.82) is 0 Å². The first-order valence-corrected chi connectivity index (χ1v) is 10.3. The topological polar surface area (TPSA) is 80.4 Å². The Morgan fingerprint density at radius 1 is 1.00 bits per heavy atom. The minimum absolute atomic E-state index is 0.0176. The number of primary sulfonamides is 1. The Hall–Kier alpha value is -2.22. The molecule has 0 radical (unpaired) electrons. The molecule has 2 aromatic carbocycles. The standard InChI is InChI=1S/C16H12FNO3S2.C3H8/c17-12-5-1-11(2-6-12)16-14(9-15(19)22-16)10-3-7-13(8-4-10)23(18,20)21;1-3-2/h1-9,19H,(H2,18,20,21);3H2,1-2H3. The molecule has 1 aromatic heterocycles. The van der Waals surface area contributed by atoms with Crippen LogP contribution in [0.4, 0.5) is 4.39 Å². The molecule has 0 spiro atoms. The predicted octanol–water partition coefficient (Wildman–Crippen LogP) is 4.99. The van der Waals surface area contributed by atoms with Crippen LogP contribution in [0.15, 0.2) is 59.5 Å². The van der Waals surface area contributed by atoms with Crippen molar-refractivity contribution in [1.82, 2.24) is 0 Å². The Morgan fingerprint density at radius 3 is 2.00 bits per heavy atom. The summed E-state index contributed by atoms with van der Waals surface area (Å²) in [6, 6.07) is 13.6. The van der Waals surface area contributed by atoms with E-state index >= 15 is 0 Å². The molecule has 3 N–H and O–H groups in total. The Morgan fingerprint density at radius 2 is 1.50 bits per heavy atom. The van der Waals surface area contributed by atoms with Crippen molar-refractivity contribution in [3.05, 3.63) is 60.4 Å². The lowest BCUT2D eigenvalue weighted by molar-refractivity contribution is 0.491. The van der Waals surface area contributed by atoms with E-state index in [1.807, 2.05) is 0 Å². The molecule has 1 heterocycles. The van der Waals surface area contributed by atoms with Crippen LogP contribution in [-0.4, -0.2) is 13.5 Å². The number of nitrogens with two attached hydrogens (primary N) is 1. The molecule has 0 fully saturated rings. The van der Waals surface area contributed by atoms with E-state index in [1.54, 1.807) is 30.3 Å². The molecule has 0 atom stereocenters. The van der Waals surface area contributed by atoms with E-state index in [9.17, 15) is 17.9 Å². The number of sulfonamides is 1. The highest BCUT2D eigenvalue weighted by Gasteiger charge is 2.14. The van der Waals surface area contributed by atoms with Crippen LogP contribution < -0.4 is 5.14 Å². The molecule has 7 heteroatoms. The van der Waals surface area contributed by atoms with Gasteiger partial charge in [0.1, 0.15) is 5.82 Å². The van der Waals surface area contributed by atoms with Crippen molar-refractivity contribution in [2.45, 2.75) is 25.2 Å². The van der Waals surface area contributed by atoms with Gasteiger partial charge in [-0.3, -0.25) is 0 Å². The SMILES string of the molecule is CCC.NS(=O)(=O)c1ccc(-c2cc(O)sc2-c2ccc(F)cc2)cc1. The fourth-order valence-electron chi connectivity index (χ4n) is 2.23. The van der Waals surface area contributed by atoms with Crippen LogP contribution in [0.1, 0.15) is 20.3 Å². The van der Waals surface area contributed by atoms with Crippen LogP contribution >= 0.6 is 11.3 Å². The second-order valence-corrected chi connectivity index (χ2v) is 8.20. The average Bonchev–Trinajstić information content (AvgIpc) is 2.97. The maximum absolute atomic E-state index is 13.1. The van der Waals surface area contributed by atoms with Gasteiger partial charge >= 0.3 is 0 Å². The molecule has 0 bridgehead atoms. The number of aromatic hydroxyl groups is 1. The number of hydrogen-bond donors (Lipinski definition) is 2. The zero-order valence-corrected chi connectivity index (χ0v) is 16.1. The summed E-state index contributed by atoms with van der Waals surface area (Å²) < 4.78 is 35.7. The summed E-state index contributed by atoms with van der Waals surface area (Å²) in [5.74, 6) is -0.339. The van der Waals surface area contributed by atoms with Crippen LogP contribution in [0.3, 0.4) is 0 Å². The van der Waals surface area contributed by atoms with Gasteiger partial charge in [0.25, 0.3) is 0 Å². The monoisotopic (exact) mass is 393 g/mol. The number of benzene rings is 2. The zero-order chi connectivity index (χ0) is 19.3. The van der Waals surface area contributed by atoms with Gasteiger partial charge in [-0.1, -0.05) is 55.9 Å². The number of thiophene rings is 1. The van der Waals surface area contributed by atoms with E-state index < -0.39 is 10.0 Å². The van der Waals surface area contributed by atoms with Gasteiger partial charge in [0.15, 0.2) is 5.06 Å². The summed E-state index contributed by atoms with van der Waals surface area (Å²) >= 11 is 1.17. The number of halogens is 1. The molecule has 0 aliphatic rings. The molecule has 0 saturated heterocycles. The Labute approximate surface area is 156 Å². The predicted molar refractivity (Wildman–Crippen MR) is 104 cm³/mol. The maximum Gasteiger partial charge on any atom is 0.238 e. The second kappa shape index (κ2) is 8.44. The van der Waals surface area contributed by atoms with Gasteiger partial charge in [-0.05, 0) is 35.4 Å². The summed E-state index contributed by atoms with van der Waals surface area (Å²) in [6.07, 6.45) is 1.25. The van der Waals surface area contributed by atoms with Crippen molar-refractivity contribution in [3.63, 3.8) is 0 Å². The molecule has 0 aliphatic carbocycles. The lowest BCUT2D eigenvalue weighted by atomic mass is 10.0. The highest BCUT2D eigenvalue weighted by Crippen LogP contribution is 2.42. The lowest BCUT2D eigenvalue weighted by Gasteiger charge is -2.05. The van der Waals surface area contributed by atoms with Crippen molar-refractivity contribution in [2.24, 2.45) is 5.14 Å². The van der Waals surface area contributed by atoms with E-state index in [4.69, 9.17) is 5.14 Å². The summed E-state index contributed by atoms with van der Waals surface area (Å²) in [5, 5.41) is 15.0. The molecular weight excluding hydrogens is 373 g/mol. The summed E-state index contributed by atoms with van der Waals surface area (Å²) in [4.78, 5) is 0.787. The van der Waals surface area contributed by atoms with Crippen LogP contribution in [0.2, 0.25) is 0 Å². The molecule has 0 unspecified atom stereocenters. The average molecular weight is 394 g/mol. The van der Waals surface area contributed by atoms with E-state index in [2.05, 4.69) is 13.8 Å². The van der Waals surface area contributed by atoms with Gasteiger partial charge in [-0.15, -0.1) is 0 Å². The van der Waals surface area contributed by atoms with Gasteiger partial charge in [0.05, 0.1) is 4.90 Å². The van der Waals surface area contributed by atoms with Gasteiger partial charge < -0.3 is 5.11 Å².